The lowest BCUT2D eigenvalue weighted by Crippen LogP contribution is -2.33. The molecule has 1 aliphatic rings. The number of carbonyl (C=O) groups is 1. The van der Waals surface area contributed by atoms with E-state index in [1.54, 1.807) is 29.9 Å². The van der Waals surface area contributed by atoms with Gasteiger partial charge in [-0.1, -0.05) is 6.07 Å². The van der Waals surface area contributed by atoms with E-state index >= 15 is 0 Å². The Balaban J connectivity index is 1.66. The van der Waals surface area contributed by atoms with Crippen LogP contribution in [0.2, 0.25) is 0 Å². The summed E-state index contributed by atoms with van der Waals surface area (Å²) < 4.78 is 1.57. The van der Waals surface area contributed by atoms with E-state index in [9.17, 15) is 14.9 Å². The Morgan fingerprint density at radius 2 is 2.25 bits per heavy atom. The van der Waals surface area contributed by atoms with Gasteiger partial charge >= 0.3 is 5.69 Å². The highest BCUT2D eigenvalue weighted by Gasteiger charge is 2.32. The largest absolute Gasteiger partial charge is 0.335 e. The van der Waals surface area contributed by atoms with Gasteiger partial charge in [0.15, 0.2) is 0 Å². The van der Waals surface area contributed by atoms with Crippen molar-refractivity contribution in [1.29, 1.82) is 0 Å². The van der Waals surface area contributed by atoms with Crippen molar-refractivity contribution in [2.24, 2.45) is 0 Å². The predicted molar refractivity (Wildman–Crippen MR) is 90.9 cm³/mol. The monoisotopic (exact) mass is 348 g/mol. The third kappa shape index (κ3) is 3.48. The van der Waals surface area contributed by atoms with Crippen LogP contribution in [0.4, 0.5) is 5.69 Å². The molecule has 1 amide bonds. The van der Waals surface area contributed by atoms with Gasteiger partial charge in [0.2, 0.25) is 5.91 Å². The van der Waals surface area contributed by atoms with E-state index in [1.807, 2.05) is 22.4 Å². The molecule has 0 spiro atoms. The van der Waals surface area contributed by atoms with Gasteiger partial charge in [-0.25, -0.2) is 0 Å². The Kier molecular flexibility index (Phi) is 4.66. The van der Waals surface area contributed by atoms with Crippen molar-refractivity contribution < 1.29 is 9.72 Å². The summed E-state index contributed by atoms with van der Waals surface area (Å²) in [6.07, 6.45) is 2.42. The highest BCUT2D eigenvalue weighted by atomic mass is 32.1. The van der Waals surface area contributed by atoms with E-state index in [1.165, 1.54) is 4.88 Å². The average molecular weight is 348 g/mol. The molecule has 0 aromatic carbocycles. The van der Waals surface area contributed by atoms with Crippen LogP contribution < -0.4 is 0 Å². The lowest BCUT2D eigenvalue weighted by Gasteiger charge is -2.22. The number of rotatable bonds is 7. The normalized spacial score (nSPS) is 13.9. The van der Waals surface area contributed by atoms with Gasteiger partial charge in [0.05, 0.1) is 18.0 Å². The van der Waals surface area contributed by atoms with Crippen LogP contribution in [-0.2, 0) is 17.9 Å². The summed E-state index contributed by atoms with van der Waals surface area (Å²) in [4.78, 5) is 26.4. The van der Waals surface area contributed by atoms with Crippen LogP contribution in [0.15, 0.2) is 17.5 Å². The number of aromatic nitrogens is 2. The molecule has 1 saturated carbocycles. The Bertz CT molecular complexity index is 750. The molecule has 8 heteroatoms. The summed E-state index contributed by atoms with van der Waals surface area (Å²) in [5.74, 6) is 0.0844. The number of hydrogen-bond donors (Lipinski definition) is 0. The molecule has 3 rings (SSSR count). The highest BCUT2D eigenvalue weighted by molar-refractivity contribution is 7.09. The molecule has 2 heterocycles. The van der Waals surface area contributed by atoms with Gasteiger partial charge in [0.25, 0.3) is 0 Å². The Labute approximate surface area is 144 Å². The molecule has 0 N–H and O–H groups in total. The molecule has 0 radical (unpaired) electrons. The van der Waals surface area contributed by atoms with Crippen molar-refractivity contribution >= 4 is 22.9 Å². The standard InChI is InChI=1S/C16H20N4O3S/c1-11-16(20(22)23)12(2)19(17-11)8-7-15(21)18(13-5-6-13)10-14-4-3-9-24-14/h3-4,9,13H,5-8,10H2,1-2H3. The molecular weight excluding hydrogens is 328 g/mol. The first-order valence-corrected chi connectivity index (χ1v) is 8.85. The molecule has 2 aromatic rings. The maximum Gasteiger partial charge on any atom is 0.312 e. The van der Waals surface area contributed by atoms with E-state index in [0.29, 0.717) is 36.9 Å². The Morgan fingerprint density at radius 3 is 2.79 bits per heavy atom. The second kappa shape index (κ2) is 6.72. The van der Waals surface area contributed by atoms with Crippen LogP contribution in [0, 0.1) is 24.0 Å². The molecule has 7 nitrogen and oxygen atoms in total. The van der Waals surface area contributed by atoms with Gasteiger partial charge in [-0.2, -0.15) is 5.10 Å². The van der Waals surface area contributed by atoms with Crippen molar-refractivity contribution in [1.82, 2.24) is 14.7 Å². The van der Waals surface area contributed by atoms with Crippen LogP contribution in [0.5, 0.6) is 0 Å². The minimum Gasteiger partial charge on any atom is -0.335 e. The lowest BCUT2D eigenvalue weighted by molar-refractivity contribution is -0.386. The summed E-state index contributed by atoms with van der Waals surface area (Å²) in [6.45, 7) is 4.31. The Hall–Kier alpha value is -2.22. The number of hydrogen-bond acceptors (Lipinski definition) is 5. The van der Waals surface area contributed by atoms with Crippen molar-refractivity contribution in [2.75, 3.05) is 0 Å². The van der Waals surface area contributed by atoms with Crippen molar-refractivity contribution in [2.45, 2.75) is 52.2 Å². The number of nitro groups is 1. The van der Waals surface area contributed by atoms with Crippen LogP contribution in [0.1, 0.15) is 35.5 Å². The van der Waals surface area contributed by atoms with E-state index in [0.717, 1.165) is 12.8 Å². The molecule has 24 heavy (non-hydrogen) atoms. The number of aryl methyl sites for hydroxylation is 2. The zero-order chi connectivity index (χ0) is 17.3. The number of nitrogens with zero attached hydrogens (tertiary/aromatic N) is 4. The van der Waals surface area contributed by atoms with Gasteiger partial charge in [-0.15, -0.1) is 11.3 Å². The van der Waals surface area contributed by atoms with Crippen molar-refractivity contribution in [3.05, 3.63) is 43.9 Å². The molecule has 0 unspecified atom stereocenters. The summed E-state index contributed by atoms with van der Waals surface area (Å²) in [6, 6.07) is 4.37. The molecule has 128 valence electrons. The summed E-state index contributed by atoms with van der Waals surface area (Å²) in [5, 5.41) is 17.3. The van der Waals surface area contributed by atoms with Gasteiger partial charge in [-0.3, -0.25) is 19.6 Å². The molecule has 0 atom stereocenters. The zero-order valence-electron chi connectivity index (χ0n) is 13.8. The smallest absolute Gasteiger partial charge is 0.312 e. The van der Waals surface area contributed by atoms with Crippen LogP contribution in [-0.4, -0.2) is 31.6 Å². The van der Waals surface area contributed by atoms with Gasteiger partial charge in [-0.05, 0) is 38.1 Å². The fourth-order valence-electron chi connectivity index (χ4n) is 2.89. The summed E-state index contributed by atoms with van der Waals surface area (Å²) >= 11 is 1.65. The first kappa shape index (κ1) is 16.6. The van der Waals surface area contributed by atoms with E-state index < -0.39 is 4.92 Å². The number of carbonyl (C=O) groups excluding carboxylic acids is 1. The third-order valence-electron chi connectivity index (χ3n) is 4.28. The van der Waals surface area contributed by atoms with Crippen molar-refractivity contribution in [3.8, 4) is 0 Å². The fraction of sp³-hybridized carbons (Fsp3) is 0.500. The minimum atomic E-state index is -0.413. The van der Waals surface area contributed by atoms with E-state index in [4.69, 9.17) is 0 Å². The first-order valence-electron chi connectivity index (χ1n) is 7.97. The zero-order valence-corrected chi connectivity index (χ0v) is 14.6. The molecule has 0 saturated heterocycles. The second-order valence-electron chi connectivity index (χ2n) is 6.08. The maximum absolute atomic E-state index is 12.6. The molecule has 1 aliphatic carbocycles. The Morgan fingerprint density at radius 1 is 1.50 bits per heavy atom. The number of thiophene rings is 1. The van der Waals surface area contributed by atoms with E-state index in [2.05, 4.69) is 5.10 Å². The second-order valence-corrected chi connectivity index (χ2v) is 7.11. The third-order valence-corrected chi connectivity index (χ3v) is 5.14. The number of amides is 1. The van der Waals surface area contributed by atoms with Crippen LogP contribution >= 0.6 is 11.3 Å². The highest BCUT2D eigenvalue weighted by Crippen LogP contribution is 2.30. The maximum atomic E-state index is 12.6. The molecule has 1 fully saturated rings. The van der Waals surface area contributed by atoms with Crippen LogP contribution in [0.25, 0.3) is 0 Å². The molecule has 0 aliphatic heterocycles. The molecular formula is C16H20N4O3S. The van der Waals surface area contributed by atoms with Crippen molar-refractivity contribution in [3.63, 3.8) is 0 Å². The lowest BCUT2D eigenvalue weighted by atomic mass is 10.3. The first-order chi connectivity index (χ1) is 11.5. The minimum absolute atomic E-state index is 0.0417. The topological polar surface area (TPSA) is 81.3 Å². The van der Waals surface area contributed by atoms with Gasteiger partial charge in [0.1, 0.15) is 11.4 Å². The quantitative estimate of drug-likeness (QED) is 0.569. The van der Waals surface area contributed by atoms with E-state index in [-0.39, 0.29) is 11.6 Å². The summed E-state index contributed by atoms with van der Waals surface area (Å²) in [7, 11) is 0. The fourth-order valence-corrected chi connectivity index (χ4v) is 3.59. The molecule has 0 bridgehead atoms. The molecule has 2 aromatic heterocycles. The SMILES string of the molecule is Cc1nn(CCC(=O)N(Cc2cccs2)C2CC2)c(C)c1[N+](=O)[O-]. The van der Waals surface area contributed by atoms with Crippen LogP contribution in [0.3, 0.4) is 0 Å². The summed E-state index contributed by atoms with van der Waals surface area (Å²) in [5.41, 5.74) is 0.934. The predicted octanol–water partition coefficient (Wildman–Crippen LogP) is 3.05. The average Bonchev–Trinajstić information content (AvgIpc) is 3.15. The van der Waals surface area contributed by atoms with Gasteiger partial charge in [0, 0.05) is 17.3 Å². The van der Waals surface area contributed by atoms with Gasteiger partial charge < -0.3 is 4.90 Å².